The van der Waals surface area contributed by atoms with Crippen molar-refractivity contribution < 1.29 is 5.11 Å². The summed E-state index contributed by atoms with van der Waals surface area (Å²) in [6, 6.07) is 0. The summed E-state index contributed by atoms with van der Waals surface area (Å²) in [6.45, 7) is 4.56. The van der Waals surface area contributed by atoms with Gasteiger partial charge in [0.25, 0.3) is 0 Å². The van der Waals surface area contributed by atoms with Gasteiger partial charge in [0.05, 0.1) is 6.10 Å². The van der Waals surface area contributed by atoms with E-state index in [1.807, 2.05) is 0 Å². The van der Waals surface area contributed by atoms with Gasteiger partial charge >= 0.3 is 0 Å². The van der Waals surface area contributed by atoms with Crippen LogP contribution in [-0.4, -0.2) is 11.2 Å². The lowest BCUT2D eigenvalue weighted by atomic mass is 9.71. The van der Waals surface area contributed by atoms with Crippen LogP contribution in [0.3, 0.4) is 0 Å². The van der Waals surface area contributed by atoms with Crippen LogP contribution in [0.25, 0.3) is 0 Å². The SMILES string of the molecule is CCC1CCCCC1C(O)C(C)C1CC1. The van der Waals surface area contributed by atoms with Crippen molar-refractivity contribution in [2.45, 2.75) is 64.9 Å². The summed E-state index contributed by atoms with van der Waals surface area (Å²) in [7, 11) is 0. The summed E-state index contributed by atoms with van der Waals surface area (Å²) < 4.78 is 0. The summed E-state index contributed by atoms with van der Waals surface area (Å²) in [5.74, 6) is 2.82. The standard InChI is InChI=1S/C14H26O/c1-3-11-6-4-5-7-13(11)14(15)10(2)12-8-9-12/h10-15H,3-9H2,1-2H3. The van der Waals surface area contributed by atoms with E-state index in [-0.39, 0.29) is 6.10 Å². The maximum atomic E-state index is 10.5. The molecule has 1 N–H and O–H groups in total. The van der Waals surface area contributed by atoms with Crippen molar-refractivity contribution in [3.63, 3.8) is 0 Å². The Morgan fingerprint density at radius 2 is 1.80 bits per heavy atom. The first-order valence-corrected chi connectivity index (χ1v) is 6.92. The van der Waals surface area contributed by atoms with E-state index in [4.69, 9.17) is 0 Å². The van der Waals surface area contributed by atoms with Gasteiger partial charge in [-0.05, 0) is 42.9 Å². The molecule has 0 heterocycles. The second-order valence-electron chi connectivity index (χ2n) is 5.80. The summed E-state index contributed by atoms with van der Waals surface area (Å²) >= 11 is 0. The molecule has 4 atom stereocenters. The third-order valence-electron chi connectivity index (χ3n) is 4.84. The molecule has 88 valence electrons. The highest BCUT2D eigenvalue weighted by atomic mass is 16.3. The molecule has 4 unspecified atom stereocenters. The van der Waals surface area contributed by atoms with Gasteiger partial charge in [-0.3, -0.25) is 0 Å². The van der Waals surface area contributed by atoms with E-state index in [0.717, 1.165) is 11.8 Å². The van der Waals surface area contributed by atoms with Crippen molar-refractivity contribution in [3.05, 3.63) is 0 Å². The van der Waals surface area contributed by atoms with E-state index in [2.05, 4.69) is 13.8 Å². The number of aliphatic hydroxyl groups is 1. The third-order valence-corrected chi connectivity index (χ3v) is 4.84. The van der Waals surface area contributed by atoms with Crippen molar-refractivity contribution in [1.82, 2.24) is 0 Å². The topological polar surface area (TPSA) is 20.2 Å². The van der Waals surface area contributed by atoms with Crippen LogP contribution < -0.4 is 0 Å². The van der Waals surface area contributed by atoms with Crippen LogP contribution >= 0.6 is 0 Å². The molecule has 1 heteroatoms. The van der Waals surface area contributed by atoms with E-state index < -0.39 is 0 Å². The van der Waals surface area contributed by atoms with Crippen molar-refractivity contribution in [3.8, 4) is 0 Å². The molecule has 0 radical (unpaired) electrons. The number of aliphatic hydroxyl groups excluding tert-OH is 1. The van der Waals surface area contributed by atoms with E-state index in [0.29, 0.717) is 11.8 Å². The van der Waals surface area contributed by atoms with E-state index >= 15 is 0 Å². The number of hydrogen-bond donors (Lipinski definition) is 1. The minimum absolute atomic E-state index is 0.0113. The van der Waals surface area contributed by atoms with Crippen LogP contribution in [0.2, 0.25) is 0 Å². The molecule has 0 saturated heterocycles. The van der Waals surface area contributed by atoms with Crippen molar-refractivity contribution in [2.75, 3.05) is 0 Å². The lowest BCUT2D eigenvalue weighted by Crippen LogP contribution is -2.35. The Morgan fingerprint density at radius 3 is 2.40 bits per heavy atom. The van der Waals surface area contributed by atoms with Gasteiger partial charge in [-0.1, -0.05) is 39.5 Å². The molecule has 2 fully saturated rings. The Kier molecular flexibility index (Phi) is 3.71. The quantitative estimate of drug-likeness (QED) is 0.751. The van der Waals surface area contributed by atoms with Crippen LogP contribution in [0.4, 0.5) is 0 Å². The van der Waals surface area contributed by atoms with Crippen LogP contribution in [0.1, 0.15) is 58.8 Å². The fourth-order valence-corrected chi connectivity index (χ4v) is 3.48. The first kappa shape index (κ1) is 11.4. The zero-order chi connectivity index (χ0) is 10.8. The Balaban J connectivity index is 1.93. The summed E-state index contributed by atoms with van der Waals surface area (Å²) in [5, 5.41) is 10.5. The Bertz CT molecular complexity index is 198. The average Bonchev–Trinajstić information content (AvgIpc) is 3.11. The first-order chi connectivity index (χ1) is 7.24. The molecule has 0 amide bonds. The van der Waals surface area contributed by atoms with Crippen molar-refractivity contribution >= 4 is 0 Å². The maximum absolute atomic E-state index is 10.5. The molecule has 0 bridgehead atoms. The Hall–Kier alpha value is -0.0400. The smallest absolute Gasteiger partial charge is 0.0599 e. The molecule has 15 heavy (non-hydrogen) atoms. The Morgan fingerprint density at radius 1 is 1.13 bits per heavy atom. The lowest BCUT2D eigenvalue weighted by molar-refractivity contribution is 0.00221. The molecule has 0 spiro atoms. The first-order valence-electron chi connectivity index (χ1n) is 6.92. The zero-order valence-corrected chi connectivity index (χ0v) is 10.3. The van der Waals surface area contributed by atoms with Gasteiger partial charge in [0, 0.05) is 0 Å². The van der Waals surface area contributed by atoms with E-state index in [9.17, 15) is 5.11 Å². The number of hydrogen-bond acceptors (Lipinski definition) is 1. The van der Waals surface area contributed by atoms with Gasteiger partial charge in [-0.15, -0.1) is 0 Å². The highest BCUT2D eigenvalue weighted by Crippen LogP contribution is 2.44. The highest BCUT2D eigenvalue weighted by molar-refractivity contribution is 4.89. The lowest BCUT2D eigenvalue weighted by Gasteiger charge is -2.37. The van der Waals surface area contributed by atoms with Gasteiger partial charge in [0.15, 0.2) is 0 Å². The normalized spacial score (nSPS) is 36.2. The van der Waals surface area contributed by atoms with Gasteiger partial charge in [0.1, 0.15) is 0 Å². The molecule has 0 aromatic carbocycles. The van der Waals surface area contributed by atoms with Gasteiger partial charge in [-0.2, -0.15) is 0 Å². The minimum atomic E-state index is -0.0113. The monoisotopic (exact) mass is 210 g/mol. The average molecular weight is 210 g/mol. The Labute approximate surface area is 94.3 Å². The molecule has 0 aliphatic heterocycles. The molecule has 2 rings (SSSR count). The maximum Gasteiger partial charge on any atom is 0.0599 e. The molecule has 0 aromatic rings. The largest absolute Gasteiger partial charge is 0.393 e. The van der Waals surface area contributed by atoms with Crippen LogP contribution in [0, 0.1) is 23.7 Å². The van der Waals surface area contributed by atoms with Gasteiger partial charge in [-0.25, -0.2) is 0 Å². The van der Waals surface area contributed by atoms with Gasteiger partial charge in [0.2, 0.25) is 0 Å². The predicted molar refractivity (Wildman–Crippen MR) is 63.6 cm³/mol. The molecular formula is C14H26O. The van der Waals surface area contributed by atoms with Crippen LogP contribution in [-0.2, 0) is 0 Å². The van der Waals surface area contributed by atoms with Crippen molar-refractivity contribution in [1.29, 1.82) is 0 Å². The minimum Gasteiger partial charge on any atom is -0.393 e. The molecular weight excluding hydrogens is 184 g/mol. The van der Waals surface area contributed by atoms with E-state index in [1.165, 1.54) is 44.9 Å². The van der Waals surface area contributed by atoms with Crippen LogP contribution in [0.5, 0.6) is 0 Å². The fraction of sp³-hybridized carbons (Fsp3) is 1.00. The second-order valence-corrected chi connectivity index (χ2v) is 5.80. The van der Waals surface area contributed by atoms with E-state index in [1.54, 1.807) is 0 Å². The van der Waals surface area contributed by atoms with Gasteiger partial charge < -0.3 is 5.11 Å². The predicted octanol–water partition coefficient (Wildman–Crippen LogP) is 3.61. The number of rotatable bonds is 4. The fourth-order valence-electron chi connectivity index (χ4n) is 3.48. The molecule has 2 aliphatic rings. The summed E-state index contributed by atoms with van der Waals surface area (Å²) in [5.41, 5.74) is 0. The molecule has 1 nitrogen and oxygen atoms in total. The zero-order valence-electron chi connectivity index (χ0n) is 10.3. The molecule has 2 aliphatic carbocycles. The van der Waals surface area contributed by atoms with Crippen LogP contribution in [0.15, 0.2) is 0 Å². The van der Waals surface area contributed by atoms with Crippen molar-refractivity contribution in [2.24, 2.45) is 23.7 Å². The summed E-state index contributed by atoms with van der Waals surface area (Å²) in [6.07, 6.45) is 9.34. The molecule has 2 saturated carbocycles. The highest BCUT2D eigenvalue weighted by Gasteiger charge is 2.38. The second kappa shape index (κ2) is 4.86. The third kappa shape index (κ3) is 2.55. The molecule has 0 aromatic heterocycles. The summed E-state index contributed by atoms with van der Waals surface area (Å²) in [4.78, 5) is 0.